The number of anilines is 7. The lowest BCUT2D eigenvalue weighted by Gasteiger charge is -2.13. The molecule has 0 saturated heterocycles. The van der Waals surface area contributed by atoms with Crippen molar-refractivity contribution in [2.24, 2.45) is 9.98 Å². The minimum atomic E-state index is -0.124. The number of carbonyl (C=O) groups is 1. The SMILES string of the molecule is CCCCCCNc1nc(Nc2ccc(O)cc2)nc(Nc2ccc(-[n+]3nnc(-c4ccc(NC5=NC(Nc6ccccc6)=C(CC)CC(NCCOCCOCCNC(=O)c6ccccc6)=N5)cc4)[nH]3)cc2)n1. The van der Waals surface area contributed by atoms with Gasteiger partial charge in [0.25, 0.3) is 5.91 Å². The predicted octanol–water partition coefficient (Wildman–Crippen LogP) is 8.48. The van der Waals surface area contributed by atoms with Crippen molar-refractivity contribution < 1.29 is 24.2 Å². The van der Waals surface area contributed by atoms with Crippen molar-refractivity contribution in [1.29, 1.82) is 0 Å². The molecule has 3 heterocycles. The van der Waals surface area contributed by atoms with Crippen LogP contribution < -0.4 is 42.0 Å². The van der Waals surface area contributed by atoms with E-state index in [0.717, 1.165) is 83.5 Å². The fourth-order valence-electron chi connectivity index (χ4n) is 7.53. The summed E-state index contributed by atoms with van der Waals surface area (Å²) >= 11 is 0. The van der Waals surface area contributed by atoms with Crippen molar-refractivity contribution in [2.75, 3.05) is 72.6 Å². The molecule has 0 bridgehead atoms. The molecule has 2 aromatic heterocycles. The summed E-state index contributed by atoms with van der Waals surface area (Å²) < 4.78 is 11.5. The Morgan fingerprint density at radius 1 is 0.622 bits per heavy atom. The number of aliphatic imine (C=N–C) groups is 2. The van der Waals surface area contributed by atoms with Crippen molar-refractivity contribution in [3.8, 4) is 22.8 Å². The van der Waals surface area contributed by atoms with E-state index in [1.807, 2.05) is 97.1 Å². The average Bonchev–Trinajstić information content (AvgIpc) is 3.86. The number of hydrogen-bond acceptors (Lipinski definition) is 17. The summed E-state index contributed by atoms with van der Waals surface area (Å²) in [4.78, 5) is 37.6. The largest absolute Gasteiger partial charge is 0.508 e. The molecule has 0 fully saturated rings. The van der Waals surface area contributed by atoms with Crippen LogP contribution in [0.5, 0.6) is 5.75 Å². The molecule has 20 nitrogen and oxygen atoms in total. The number of aromatic nitrogens is 7. The number of carbonyl (C=O) groups excluding carboxylic acids is 1. The number of aromatic hydroxyl groups is 1. The standard InChI is InChI=1S/C54H62N16O4/c1-3-5-6-13-30-57-51-64-53(66-54(65-51)61-44-24-28-46(71)29-25-44)60-43-22-26-45(27-23-43)70-68-49(67-69-70)39-18-20-42(21-19-39)59-52-62-47(37-38(4-2)48(63-52)58-41-16-11-8-12-17-41)55-31-33-73-35-36-74-34-32-56-50(72)40-14-9-7-10-15-40/h7-12,14-29,58H,3-6,13,30-37H2,1-2H3,(H7,55,56,57,59,60,61,62,63,64,65,66,67,68,69,71,72)/p+1. The first-order chi connectivity index (χ1) is 36.4. The Hall–Kier alpha value is -8.75. The Morgan fingerprint density at radius 2 is 1.24 bits per heavy atom. The molecule has 0 aliphatic carbocycles. The Kier molecular flexibility index (Phi) is 19.0. The maximum absolute atomic E-state index is 12.2. The number of phenols is 1. The van der Waals surface area contributed by atoms with Gasteiger partial charge in [0, 0.05) is 59.9 Å². The number of aromatic amines is 1. The van der Waals surface area contributed by atoms with Crippen LogP contribution in [0.25, 0.3) is 17.1 Å². The van der Waals surface area contributed by atoms with Gasteiger partial charge in [0.1, 0.15) is 17.4 Å². The number of amides is 1. The smallest absolute Gasteiger partial charge is 0.313 e. The monoisotopic (exact) mass is 1000 g/mol. The van der Waals surface area contributed by atoms with E-state index in [1.165, 1.54) is 6.42 Å². The van der Waals surface area contributed by atoms with Crippen molar-refractivity contribution in [2.45, 2.75) is 52.4 Å². The third-order valence-electron chi connectivity index (χ3n) is 11.5. The third kappa shape index (κ3) is 15.9. The number of H-pyrrole nitrogens is 1. The summed E-state index contributed by atoms with van der Waals surface area (Å²) in [7, 11) is 0. The molecule has 1 aliphatic heterocycles. The van der Waals surface area contributed by atoms with E-state index in [-0.39, 0.29) is 11.7 Å². The summed E-state index contributed by atoms with van der Waals surface area (Å²) in [6, 6.07) is 41.2. The topological polar surface area (TPSA) is 249 Å². The molecule has 0 radical (unpaired) electrons. The second-order valence-electron chi connectivity index (χ2n) is 17.0. The van der Waals surface area contributed by atoms with Crippen LogP contribution in [0.1, 0.15) is 62.7 Å². The van der Waals surface area contributed by atoms with E-state index < -0.39 is 0 Å². The highest BCUT2D eigenvalue weighted by Crippen LogP contribution is 2.24. The molecule has 74 heavy (non-hydrogen) atoms. The highest BCUT2D eigenvalue weighted by molar-refractivity contribution is 6.04. The molecular formula is C54H63N16O4+. The first-order valence-electron chi connectivity index (χ1n) is 25.0. The molecular weight excluding hydrogens is 937 g/mol. The third-order valence-corrected chi connectivity index (χ3v) is 11.5. The van der Waals surface area contributed by atoms with Crippen LogP contribution in [-0.2, 0) is 9.47 Å². The van der Waals surface area contributed by atoms with Gasteiger partial charge in [-0.3, -0.25) is 4.79 Å². The lowest BCUT2D eigenvalue weighted by Crippen LogP contribution is -2.36. The van der Waals surface area contributed by atoms with Gasteiger partial charge in [-0.05, 0) is 120 Å². The minimum Gasteiger partial charge on any atom is -0.508 e. The molecule has 0 saturated carbocycles. The molecule has 0 atom stereocenters. The molecule has 382 valence electrons. The van der Waals surface area contributed by atoms with E-state index in [4.69, 9.17) is 19.5 Å². The Morgan fingerprint density at radius 3 is 1.93 bits per heavy atom. The van der Waals surface area contributed by atoms with Crippen molar-refractivity contribution in [3.05, 3.63) is 150 Å². The second-order valence-corrected chi connectivity index (χ2v) is 17.0. The van der Waals surface area contributed by atoms with E-state index in [9.17, 15) is 9.90 Å². The fourth-order valence-corrected chi connectivity index (χ4v) is 7.53. The van der Waals surface area contributed by atoms with Gasteiger partial charge in [0.05, 0.1) is 31.5 Å². The van der Waals surface area contributed by atoms with Crippen LogP contribution in [-0.4, -0.2) is 99.2 Å². The van der Waals surface area contributed by atoms with Crippen LogP contribution in [0.4, 0.5) is 40.6 Å². The van der Waals surface area contributed by atoms with Gasteiger partial charge in [-0.25, -0.2) is 0 Å². The molecule has 5 aromatic carbocycles. The molecule has 1 aliphatic rings. The number of rotatable bonds is 26. The number of benzene rings is 5. The van der Waals surface area contributed by atoms with Crippen molar-refractivity contribution >= 4 is 58.3 Å². The van der Waals surface area contributed by atoms with Crippen LogP contribution in [0.3, 0.4) is 0 Å². The van der Waals surface area contributed by atoms with Gasteiger partial charge in [0.15, 0.2) is 10.9 Å². The van der Waals surface area contributed by atoms with Gasteiger partial charge in [-0.2, -0.15) is 30.0 Å². The van der Waals surface area contributed by atoms with E-state index in [0.29, 0.717) is 81.1 Å². The highest BCUT2D eigenvalue weighted by atomic mass is 16.5. The molecule has 9 N–H and O–H groups in total. The summed E-state index contributed by atoms with van der Waals surface area (Å²) in [5, 5.41) is 44.9. The predicted molar refractivity (Wildman–Crippen MR) is 289 cm³/mol. The normalized spacial score (nSPS) is 12.3. The van der Waals surface area contributed by atoms with Gasteiger partial charge in [-0.15, -0.1) is 0 Å². The quantitative estimate of drug-likeness (QED) is 0.0140. The summed E-state index contributed by atoms with van der Waals surface area (Å²) in [6.45, 7) is 7.66. The Balaban J connectivity index is 0.866. The fraction of sp³-hybridized carbons (Fsp3) is 0.278. The summed E-state index contributed by atoms with van der Waals surface area (Å²) in [5.41, 5.74) is 6.50. The van der Waals surface area contributed by atoms with Gasteiger partial charge < -0.3 is 51.8 Å². The van der Waals surface area contributed by atoms with E-state index in [1.54, 1.807) is 41.2 Å². The van der Waals surface area contributed by atoms with Crippen molar-refractivity contribution in [1.82, 2.24) is 41.0 Å². The number of guanidine groups is 1. The van der Waals surface area contributed by atoms with E-state index >= 15 is 0 Å². The van der Waals surface area contributed by atoms with Gasteiger partial charge in [-0.1, -0.05) is 69.5 Å². The first kappa shape index (κ1) is 51.6. The number of phenolic OH excluding ortho intramolecular Hbond substituents is 1. The number of nitrogens with zero attached hydrogens (tertiary/aromatic N) is 8. The Labute approximate surface area is 430 Å². The lowest BCUT2D eigenvalue weighted by atomic mass is 10.1. The van der Waals surface area contributed by atoms with Crippen molar-refractivity contribution in [3.63, 3.8) is 0 Å². The van der Waals surface area contributed by atoms with Gasteiger partial charge in [0.2, 0.25) is 23.8 Å². The van der Waals surface area contributed by atoms with Crippen LogP contribution in [0, 0.1) is 0 Å². The zero-order valence-corrected chi connectivity index (χ0v) is 41.6. The number of tetrazole rings is 1. The molecule has 7 aromatic rings. The first-order valence-corrected chi connectivity index (χ1v) is 25.0. The maximum atomic E-state index is 12.2. The number of para-hydroxylation sites is 1. The maximum Gasteiger partial charge on any atom is 0.313 e. The number of amidine groups is 1. The molecule has 8 rings (SSSR count). The highest BCUT2D eigenvalue weighted by Gasteiger charge is 2.19. The molecule has 1 amide bonds. The molecule has 0 unspecified atom stereocenters. The zero-order valence-electron chi connectivity index (χ0n) is 41.6. The van der Waals surface area contributed by atoms with Gasteiger partial charge >= 0.3 is 5.82 Å². The minimum absolute atomic E-state index is 0.124. The Bertz CT molecular complexity index is 2950. The second kappa shape index (κ2) is 27.2. The van der Waals surface area contributed by atoms with Crippen LogP contribution >= 0.6 is 0 Å². The van der Waals surface area contributed by atoms with Crippen LogP contribution in [0.2, 0.25) is 0 Å². The molecule has 0 spiro atoms. The lowest BCUT2D eigenvalue weighted by molar-refractivity contribution is -0.716. The number of unbranched alkanes of at least 4 members (excludes halogenated alkanes) is 3. The molecule has 20 heteroatoms. The summed E-state index contributed by atoms with van der Waals surface area (Å²) in [6.07, 6.45) is 5.80. The number of hydrogen-bond donors (Lipinski definition) is 9. The van der Waals surface area contributed by atoms with E-state index in [2.05, 4.69) is 81.4 Å². The number of ether oxygens (including phenoxy) is 2. The number of nitrogens with one attached hydrogen (secondary N) is 8. The zero-order chi connectivity index (χ0) is 51.2. The van der Waals surface area contributed by atoms with Crippen LogP contribution in [0.15, 0.2) is 155 Å². The summed E-state index contributed by atoms with van der Waals surface area (Å²) in [5.74, 6) is 3.70. The average molecular weight is 1000 g/mol.